The zero-order valence-electron chi connectivity index (χ0n) is 14.8. The van der Waals surface area contributed by atoms with Crippen LogP contribution >= 0.6 is 0 Å². The van der Waals surface area contributed by atoms with E-state index in [0.29, 0.717) is 0 Å². The van der Waals surface area contributed by atoms with Crippen molar-refractivity contribution in [1.29, 1.82) is 0 Å². The number of amides is 1. The van der Waals surface area contributed by atoms with Crippen LogP contribution in [0.2, 0.25) is 0 Å². The van der Waals surface area contributed by atoms with Crippen molar-refractivity contribution in [3.63, 3.8) is 0 Å². The summed E-state index contributed by atoms with van der Waals surface area (Å²) >= 11 is 0. The van der Waals surface area contributed by atoms with Crippen LogP contribution in [0.15, 0.2) is 0 Å². The van der Waals surface area contributed by atoms with Gasteiger partial charge in [-0.05, 0) is 0 Å². The molecule has 1 heterocycles. The topological polar surface area (TPSA) is 126 Å². The van der Waals surface area contributed by atoms with Crippen LogP contribution < -0.4 is 5.32 Å². The van der Waals surface area contributed by atoms with Crippen molar-refractivity contribution in [2.45, 2.75) is 58.4 Å². The van der Waals surface area contributed by atoms with Crippen molar-refractivity contribution in [3.05, 3.63) is 0 Å². The van der Waals surface area contributed by atoms with Crippen molar-refractivity contribution < 1.29 is 42.9 Å². The summed E-state index contributed by atoms with van der Waals surface area (Å²) in [7, 11) is 1.31. The molecule has 0 saturated carbocycles. The fraction of sp³-hybridized carbons (Fsp3) is 0.733. The van der Waals surface area contributed by atoms with Gasteiger partial charge < -0.3 is 29.0 Å². The average Bonchev–Trinajstić information content (AvgIpc) is 2.48. The van der Waals surface area contributed by atoms with Crippen LogP contribution in [0.3, 0.4) is 0 Å². The number of ether oxygens (including phenoxy) is 5. The minimum absolute atomic E-state index is 0.0301. The van der Waals surface area contributed by atoms with Crippen molar-refractivity contribution in [2.75, 3.05) is 13.7 Å². The molecule has 25 heavy (non-hydrogen) atoms. The normalized spacial score (nSPS) is 28.6. The van der Waals surface area contributed by atoms with Crippen molar-refractivity contribution in [1.82, 2.24) is 5.32 Å². The fourth-order valence-electron chi connectivity index (χ4n) is 2.45. The van der Waals surface area contributed by atoms with Gasteiger partial charge in [0.25, 0.3) is 0 Å². The highest BCUT2D eigenvalue weighted by Crippen LogP contribution is 2.29. The Hall–Kier alpha value is -2.20. The fourth-order valence-corrected chi connectivity index (χ4v) is 2.45. The van der Waals surface area contributed by atoms with Crippen LogP contribution in [-0.4, -0.2) is 68.2 Å². The lowest BCUT2D eigenvalue weighted by atomic mass is 9.97. The maximum absolute atomic E-state index is 11.5. The molecule has 1 aliphatic heterocycles. The third-order valence-corrected chi connectivity index (χ3v) is 3.28. The Morgan fingerprint density at radius 3 is 1.76 bits per heavy atom. The van der Waals surface area contributed by atoms with Crippen LogP contribution in [0.4, 0.5) is 0 Å². The van der Waals surface area contributed by atoms with Crippen LogP contribution in [0.5, 0.6) is 0 Å². The molecule has 1 amide bonds. The Labute approximate surface area is 145 Å². The molecule has 0 aliphatic carbocycles. The van der Waals surface area contributed by atoms with Gasteiger partial charge in [-0.25, -0.2) is 0 Å². The number of methoxy groups -OCH3 is 1. The third-order valence-electron chi connectivity index (χ3n) is 3.28. The van der Waals surface area contributed by atoms with Crippen LogP contribution in [0.25, 0.3) is 0 Å². The Bertz CT molecular complexity index is 521. The smallest absolute Gasteiger partial charge is 0.303 e. The molecule has 1 aliphatic rings. The van der Waals surface area contributed by atoms with Crippen molar-refractivity contribution in [2.24, 2.45) is 0 Å². The Morgan fingerprint density at radius 2 is 1.32 bits per heavy atom. The molecule has 0 aromatic rings. The molecule has 1 rings (SSSR count). The van der Waals surface area contributed by atoms with Gasteiger partial charge in [-0.3, -0.25) is 19.2 Å². The molecule has 1 saturated heterocycles. The maximum Gasteiger partial charge on any atom is 0.303 e. The first-order chi connectivity index (χ1) is 11.6. The van der Waals surface area contributed by atoms with E-state index in [9.17, 15) is 19.2 Å². The SMILES string of the molecule is CO[C@H]1O[C@H](CNC(C)=O)[C@@H](OC(C)=O)[C@H](OC(C)=O)[C@H]1OC(C)=O. The van der Waals surface area contributed by atoms with Crippen LogP contribution in [0, 0.1) is 0 Å². The largest absolute Gasteiger partial charge is 0.456 e. The monoisotopic (exact) mass is 361 g/mol. The number of rotatable bonds is 6. The summed E-state index contributed by atoms with van der Waals surface area (Å²) in [6.45, 7) is 4.78. The van der Waals surface area contributed by atoms with E-state index in [1.54, 1.807) is 0 Å². The highest BCUT2D eigenvalue weighted by Gasteiger charge is 2.52. The summed E-state index contributed by atoms with van der Waals surface area (Å²) in [5.41, 5.74) is 0. The molecule has 0 radical (unpaired) electrons. The first-order valence-corrected chi connectivity index (χ1v) is 7.60. The van der Waals surface area contributed by atoms with E-state index < -0.39 is 48.6 Å². The summed E-state index contributed by atoms with van der Waals surface area (Å²) < 4.78 is 26.4. The third kappa shape index (κ3) is 6.31. The predicted octanol–water partition coefficient (Wildman–Crippen LogP) is -0.711. The van der Waals surface area contributed by atoms with E-state index in [4.69, 9.17) is 23.7 Å². The zero-order valence-corrected chi connectivity index (χ0v) is 14.8. The summed E-state index contributed by atoms with van der Waals surface area (Å²) in [6, 6.07) is 0. The molecule has 0 aromatic carbocycles. The molecule has 0 unspecified atom stereocenters. The zero-order chi connectivity index (χ0) is 19.1. The minimum Gasteiger partial charge on any atom is -0.456 e. The van der Waals surface area contributed by atoms with E-state index in [0.717, 1.165) is 6.92 Å². The molecule has 0 bridgehead atoms. The lowest BCUT2D eigenvalue weighted by Crippen LogP contribution is -2.63. The van der Waals surface area contributed by atoms with Gasteiger partial charge in [0.05, 0.1) is 0 Å². The number of carbonyl (C=O) groups excluding carboxylic acids is 4. The van der Waals surface area contributed by atoms with Crippen LogP contribution in [-0.2, 0) is 42.9 Å². The van der Waals surface area contributed by atoms with E-state index in [1.807, 2.05) is 0 Å². The van der Waals surface area contributed by atoms with Gasteiger partial charge in [0.15, 0.2) is 24.6 Å². The number of nitrogens with one attached hydrogen (secondary N) is 1. The Morgan fingerprint density at radius 1 is 0.840 bits per heavy atom. The van der Waals surface area contributed by atoms with Gasteiger partial charge in [0, 0.05) is 41.3 Å². The van der Waals surface area contributed by atoms with Crippen LogP contribution in [0.1, 0.15) is 27.7 Å². The second kappa shape index (κ2) is 9.33. The molecule has 0 spiro atoms. The molecule has 1 fully saturated rings. The minimum atomic E-state index is -1.16. The van der Waals surface area contributed by atoms with E-state index in [1.165, 1.54) is 27.9 Å². The summed E-state index contributed by atoms with van der Waals surface area (Å²) in [5, 5.41) is 2.53. The molecule has 142 valence electrons. The quantitative estimate of drug-likeness (QED) is 0.482. The van der Waals surface area contributed by atoms with E-state index in [2.05, 4.69) is 5.32 Å². The van der Waals surface area contributed by atoms with Gasteiger partial charge >= 0.3 is 17.9 Å². The van der Waals surface area contributed by atoms with E-state index >= 15 is 0 Å². The molecule has 1 N–H and O–H groups in total. The molecular weight excluding hydrogens is 338 g/mol. The lowest BCUT2D eigenvalue weighted by Gasteiger charge is -2.43. The first-order valence-electron chi connectivity index (χ1n) is 7.60. The van der Waals surface area contributed by atoms with Crippen molar-refractivity contribution >= 4 is 23.8 Å². The maximum atomic E-state index is 11.5. The average molecular weight is 361 g/mol. The molecular formula is C15H23NO9. The van der Waals surface area contributed by atoms with Gasteiger partial charge in [-0.2, -0.15) is 0 Å². The second-order valence-electron chi connectivity index (χ2n) is 5.44. The summed E-state index contributed by atoms with van der Waals surface area (Å²) in [4.78, 5) is 45.5. The summed E-state index contributed by atoms with van der Waals surface area (Å²) in [6.07, 6.45) is -5.39. The highest BCUT2D eigenvalue weighted by molar-refractivity contribution is 5.73. The second-order valence-corrected chi connectivity index (χ2v) is 5.44. The molecule has 10 nitrogen and oxygen atoms in total. The standard InChI is InChI=1S/C15H23NO9/c1-7(17)16-6-11-12(22-8(2)18)13(23-9(3)19)14(24-10(4)20)15(21-5)25-11/h11-15H,6H2,1-5H3,(H,16,17)/t11-,12-,13+,14-,15+/m1/s1. The van der Waals surface area contributed by atoms with Gasteiger partial charge in [0.2, 0.25) is 5.91 Å². The predicted molar refractivity (Wildman–Crippen MR) is 81.0 cm³/mol. The van der Waals surface area contributed by atoms with E-state index in [-0.39, 0.29) is 12.5 Å². The molecule has 10 heteroatoms. The Balaban J connectivity index is 3.18. The number of carbonyl (C=O) groups is 4. The molecule has 0 aromatic heterocycles. The lowest BCUT2D eigenvalue weighted by molar-refractivity contribution is -0.296. The highest BCUT2D eigenvalue weighted by atomic mass is 16.7. The first kappa shape index (κ1) is 20.8. The van der Waals surface area contributed by atoms with Gasteiger partial charge in [0.1, 0.15) is 6.10 Å². The number of hydrogen-bond acceptors (Lipinski definition) is 9. The Kier molecular flexibility index (Phi) is 7.78. The van der Waals surface area contributed by atoms with Crippen molar-refractivity contribution in [3.8, 4) is 0 Å². The molecule has 5 atom stereocenters. The summed E-state index contributed by atoms with van der Waals surface area (Å²) in [5.74, 6) is -2.31. The number of hydrogen-bond donors (Lipinski definition) is 1. The van der Waals surface area contributed by atoms with Gasteiger partial charge in [-0.15, -0.1) is 0 Å². The van der Waals surface area contributed by atoms with Gasteiger partial charge in [-0.1, -0.05) is 0 Å². The number of esters is 3.